The van der Waals surface area contributed by atoms with E-state index in [-0.39, 0.29) is 5.56 Å². The van der Waals surface area contributed by atoms with Gasteiger partial charge in [-0.2, -0.15) is 0 Å². The van der Waals surface area contributed by atoms with Gasteiger partial charge in [0.25, 0.3) is 0 Å². The van der Waals surface area contributed by atoms with Gasteiger partial charge in [-0.3, -0.25) is 4.79 Å². The van der Waals surface area contributed by atoms with E-state index in [2.05, 4.69) is 4.18 Å². The van der Waals surface area contributed by atoms with Gasteiger partial charge in [0.2, 0.25) is 0 Å². The van der Waals surface area contributed by atoms with Crippen LogP contribution in [-0.2, 0) is 8.98 Å². The summed E-state index contributed by atoms with van der Waals surface area (Å²) in [6.07, 6.45) is 0. The predicted molar refractivity (Wildman–Crippen MR) is 51.0 cm³/mol. The molecule has 0 saturated carbocycles. The summed E-state index contributed by atoms with van der Waals surface area (Å²) in [5, 5.41) is 8.60. The Balaban J connectivity index is 2.64. The van der Waals surface area contributed by atoms with E-state index >= 15 is 0 Å². The van der Waals surface area contributed by atoms with Crippen molar-refractivity contribution in [3.8, 4) is 0 Å². The monoisotopic (exact) mass is 212 g/mol. The van der Waals surface area contributed by atoms with E-state index in [1.807, 2.05) is 0 Å². The Morgan fingerprint density at radius 3 is 2.29 bits per heavy atom. The van der Waals surface area contributed by atoms with Crippen LogP contribution in [0.25, 0.3) is 0 Å². The van der Waals surface area contributed by atoms with Gasteiger partial charge in [0, 0.05) is 11.8 Å². The lowest BCUT2D eigenvalue weighted by Gasteiger charge is -1.99. The maximum Gasteiger partial charge on any atom is 0.335 e. The second-order valence-electron chi connectivity index (χ2n) is 2.49. The van der Waals surface area contributed by atoms with Gasteiger partial charge < -0.3 is 9.29 Å². The van der Waals surface area contributed by atoms with Gasteiger partial charge in [-0.05, 0) is 24.3 Å². The average Bonchev–Trinajstić information content (AvgIpc) is 2.15. The Hall–Kier alpha value is -1.49. The fourth-order valence-corrected chi connectivity index (χ4v) is 1.22. The molecule has 0 spiro atoms. The fraction of sp³-hybridized carbons (Fsp3) is 0.111. The standard InChI is InChI=1S/C9H8O4S/c1-6(10)13-14-8-4-2-7(3-5-8)9(11)12/h2-5H,1H3,(H,11,12). The first-order chi connectivity index (χ1) is 6.59. The molecule has 0 radical (unpaired) electrons. The third kappa shape index (κ3) is 3.10. The average molecular weight is 212 g/mol. The van der Waals surface area contributed by atoms with Crippen molar-refractivity contribution in [2.45, 2.75) is 11.8 Å². The van der Waals surface area contributed by atoms with E-state index < -0.39 is 11.9 Å². The molecule has 0 unspecified atom stereocenters. The molecule has 5 heteroatoms. The number of rotatable bonds is 3. The zero-order valence-electron chi connectivity index (χ0n) is 7.39. The summed E-state index contributed by atoms with van der Waals surface area (Å²) in [5.41, 5.74) is 0.206. The zero-order valence-corrected chi connectivity index (χ0v) is 8.21. The molecule has 0 heterocycles. The molecular weight excluding hydrogens is 204 g/mol. The minimum Gasteiger partial charge on any atom is -0.478 e. The highest BCUT2D eigenvalue weighted by Gasteiger charge is 2.03. The second kappa shape index (κ2) is 4.66. The van der Waals surface area contributed by atoms with Crippen LogP contribution < -0.4 is 0 Å². The summed E-state index contributed by atoms with van der Waals surface area (Å²) >= 11 is 0.906. The molecule has 0 atom stereocenters. The highest BCUT2D eigenvalue weighted by molar-refractivity contribution is 7.95. The third-order valence-corrected chi connectivity index (χ3v) is 2.14. The highest BCUT2D eigenvalue weighted by Crippen LogP contribution is 2.19. The van der Waals surface area contributed by atoms with Crippen molar-refractivity contribution in [2.75, 3.05) is 0 Å². The Morgan fingerprint density at radius 1 is 1.29 bits per heavy atom. The molecule has 14 heavy (non-hydrogen) atoms. The number of carboxylic acid groups (broad SMARTS) is 1. The van der Waals surface area contributed by atoms with Gasteiger partial charge in [-0.15, -0.1) is 0 Å². The lowest BCUT2D eigenvalue weighted by atomic mass is 10.2. The van der Waals surface area contributed by atoms with Crippen LogP contribution in [0.3, 0.4) is 0 Å². The van der Waals surface area contributed by atoms with Gasteiger partial charge in [0.15, 0.2) is 0 Å². The van der Waals surface area contributed by atoms with Crippen LogP contribution in [0.4, 0.5) is 0 Å². The van der Waals surface area contributed by atoms with Crippen LogP contribution in [0.2, 0.25) is 0 Å². The topological polar surface area (TPSA) is 63.6 Å². The summed E-state index contributed by atoms with van der Waals surface area (Å²) in [6, 6.07) is 6.07. The Labute approximate surface area is 85.1 Å². The summed E-state index contributed by atoms with van der Waals surface area (Å²) in [7, 11) is 0. The van der Waals surface area contributed by atoms with E-state index in [4.69, 9.17) is 5.11 Å². The molecule has 0 bridgehead atoms. The van der Waals surface area contributed by atoms with Gasteiger partial charge in [-0.25, -0.2) is 4.79 Å². The zero-order chi connectivity index (χ0) is 10.6. The molecule has 0 amide bonds. The molecule has 1 aromatic carbocycles. The number of hydrogen-bond acceptors (Lipinski definition) is 4. The number of aromatic carboxylic acids is 1. The smallest absolute Gasteiger partial charge is 0.335 e. The van der Waals surface area contributed by atoms with Crippen LogP contribution >= 0.6 is 12.0 Å². The quantitative estimate of drug-likeness (QED) is 0.776. The summed E-state index contributed by atoms with van der Waals surface area (Å²) in [5.74, 6) is -1.37. The van der Waals surface area contributed by atoms with Crippen molar-refractivity contribution >= 4 is 24.0 Å². The van der Waals surface area contributed by atoms with Gasteiger partial charge >= 0.3 is 11.9 Å². The molecule has 0 aromatic heterocycles. The first-order valence-electron chi connectivity index (χ1n) is 3.78. The molecule has 1 rings (SSSR count). The van der Waals surface area contributed by atoms with E-state index in [1.54, 1.807) is 12.1 Å². The number of carbonyl (C=O) groups excluding carboxylic acids is 1. The second-order valence-corrected chi connectivity index (χ2v) is 3.29. The predicted octanol–water partition coefficient (Wildman–Crippen LogP) is 1.96. The lowest BCUT2D eigenvalue weighted by Crippen LogP contribution is -1.95. The maximum absolute atomic E-state index is 10.5. The van der Waals surface area contributed by atoms with Crippen molar-refractivity contribution in [3.63, 3.8) is 0 Å². The highest BCUT2D eigenvalue weighted by atomic mass is 32.2. The molecule has 1 aromatic rings. The molecule has 74 valence electrons. The van der Waals surface area contributed by atoms with Gasteiger partial charge in [-0.1, -0.05) is 0 Å². The SMILES string of the molecule is CC(=O)OSc1ccc(C(=O)O)cc1. The fourth-order valence-electron chi connectivity index (χ4n) is 0.760. The van der Waals surface area contributed by atoms with Crippen molar-refractivity contribution in [2.24, 2.45) is 0 Å². The Morgan fingerprint density at radius 2 is 1.86 bits per heavy atom. The Kier molecular flexibility index (Phi) is 3.53. The van der Waals surface area contributed by atoms with Crippen molar-refractivity contribution in [1.29, 1.82) is 0 Å². The number of carbonyl (C=O) groups is 2. The minimum absolute atomic E-state index is 0.206. The molecule has 0 aliphatic rings. The Bertz CT molecular complexity index is 344. The molecule has 1 N–H and O–H groups in total. The molecule has 0 fully saturated rings. The van der Waals surface area contributed by atoms with Crippen LogP contribution in [0.1, 0.15) is 17.3 Å². The normalized spacial score (nSPS) is 9.50. The van der Waals surface area contributed by atoms with Crippen molar-refractivity contribution in [1.82, 2.24) is 0 Å². The number of carboxylic acids is 1. The van der Waals surface area contributed by atoms with E-state index in [0.717, 1.165) is 12.0 Å². The van der Waals surface area contributed by atoms with E-state index in [9.17, 15) is 9.59 Å². The molecule has 4 nitrogen and oxygen atoms in total. The van der Waals surface area contributed by atoms with Crippen molar-refractivity contribution in [3.05, 3.63) is 29.8 Å². The largest absolute Gasteiger partial charge is 0.478 e. The summed E-state index contributed by atoms with van der Waals surface area (Å²) in [4.78, 5) is 21.6. The molecule has 0 saturated heterocycles. The number of benzene rings is 1. The lowest BCUT2D eigenvalue weighted by molar-refractivity contribution is -0.130. The first kappa shape index (κ1) is 10.6. The van der Waals surface area contributed by atoms with Gasteiger partial charge in [0.05, 0.1) is 17.6 Å². The van der Waals surface area contributed by atoms with Crippen LogP contribution in [0.5, 0.6) is 0 Å². The summed E-state index contributed by atoms with van der Waals surface area (Å²) in [6.45, 7) is 1.30. The van der Waals surface area contributed by atoms with Crippen LogP contribution in [-0.4, -0.2) is 17.0 Å². The van der Waals surface area contributed by atoms with Crippen LogP contribution in [0, 0.1) is 0 Å². The van der Waals surface area contributed by atoms with Crippen molar-refractivity contribution < 1.29 is 18.9 Å². The minimum atomic E-state index is -0.978. The molecule has 0 aliphatic heterocycles. The summed E-state index contributed by atoms with van der Waals surface area (Å²) < 4.78 is 4.66. The van der Waals surface area contributed by atoms with E-state index in [1.165, 1.54) is 19.1 Å². The van der Waals surface area contributed by atoms with Gasteiger partial charge in [0.1, 0.15) is 0 Å². The first-order valence-corrected chi connectivity index (χ1v) is 4.52. The molecular formula is C9H8O4S. The van der Waals surface area contributed by atoms with E-state index in [0.29, 0.717) is 4.90 Å². The number of hydrogen-bond donors (Lipinski definition) is 1. The molecule has 0 aliphatic carbocycles. The van der Waals surface area contributed by atoms with Crippen LogP contribution in [0.15, 0.2) is 29.2 Å². The third-order valence-electron chi connectivity index (χ3n) is 1.36. The maximum atomic E-state index is 10.5.